The number of nitrogens with one attached hydrogen (secondary N) is 3. The average molecular weight is 530 g/mol. The summed E-state index contributed by atoms with van der Waals surface area (Å²) in [5.41, 5.74) is 1.48. The summed E-state index contributed by atoms with van der Waals surface area (Å²) in [6.07, 6.45) is 9.63. The van der Waals surface area contributed by atoms with Crippen LogP contribution in [0.1, 0.15) is 63.3 Å². The third kappa shape index (κ3) is 5.57. The molecule has 0 saturated heterocycles. The maximum absolute atomic E-state index is 13.5. The minimum Gasteiger partial charge on any atom is -0.447 e. The van der Waals surface area contributed by atoms with Crippen molar-refractivity contribution in [3.8, 4) is 10.4 Å². The summed E-state index contributed by atoms with van der Waals surface area (Å²) in [7, 11) is -2.95. The van der Waals surface area contributed by atoms with Crippen molar-refractivity contribution in [2.45, 2.75) is 80.6 Å². The van der Waals surface area contributed by atoms with Gasteiger partial charge < -0.3 is 19.8 Å². The minimum atomic E-state index is -2.95. The normalized spacial score (nSPS) is 21.6. The first-order valence-electron chi connectivity index (χ1n) is 12.3. The van der Waals surface area contributed by atoms with Gasteiger partial charge in [-0.25, -0.2) is 23.8 Å². The van der Waals surface area contributed by atoms with Crippen LogP contribution in [0, 0.1) is 4.78 Å². The SMILES string of the molecule is CC(C)OC(=O)N[C@H]1CC[C@H](c2ncc(-c3ccc(Nc4ncco4)cc3S(=N)(=O)C3CC3)s2)CC1. The molecule has 9 nitrogen and oxygen atoms in total. The molecule has 1 atom stereocenters. The Balaban J connectivity index is 1.33. The number of ether oxygens (including phenoxy) is 1. The van der Waals surface area contributed by atoms with Crippen LogP contribution in [0.3, 0.4) is 0 Å². The molecule has 11 heteroatoms. The highest BCUT2D eigenvalue weighted by molar-refractivity contribution is 7.93. The van der Waals surface area contributed by atoms with Crippen LogP contribution in [0.25, 0.3) is 10.4 Å². The number of hydrogen-bond acceptors (Lipinski definition) is 9. The van der Waals surface area contributed by atoms with Crippen molar-refractivity contribution < 1.29 is 18.2 Å². The zero-order valence-electron chi connectivity index (χ0n) is 20.4. The molecule has 36 heavy (non-hydrogen) atoms. The Morgan fingerprint density at radius 2 is 1.97 bits per heavy atom. The minimum absolute atomic E-state index is 0.106. The van der Waals surface area contributed by atoms with E-state index >= 15 is 0 Å². The topological polar surface area (TPSA) is 130 Å². The molecule has 0 radical (unpaired) electrons. The van der Waals surface area contributed by atoms with E-state index in [1.54, 1.807) is 23.6 Å². The van der Waals surface area contributed by atoms with Crippen LogP contribution in [-0.2, 0) is 14.5 Å². The summed E-state index contributed by atoms with van der Waals surface area (Å²) >= 11 is 1.61. The van der Waals surface area contributed by atoms with Gasteiger partial charge in [0.1, 0.15) is 6.26 Å². The number of amides is 1. The molecule has 0 aliphatic heterocycles. The van der Waals surface area contributed by atoms with E-state index in [-0.39, 0.29) is 23.5 Å². The standard InChI is InChI=1S/C25H31N5O4S2/c1-15(2)34-25(31)30-17-5-3-16(4-6-17)23-28-14-21(35-23)20-10-7-18(29-24-27-11-12-33-24)13-22(20)36(26,32)19-8-9-19/h7,10-17,19,26H,3-6,8-9H2,1-2H3,(H,27,29)(H,30,31)/t16-,17-,36?. The Kier molecular flexibility index (Phi) is 7.03. The number of nitrogens with zero attached hydrogens (tertiary/aromatic N) is 2. The maximum Gasteiger partial charge on any atom is 0.407 e. The molecule has 1 aromatic carbocycles. The summed E-state index contributed by atoms with van der Waals surface area (Å²) in [6, 6.07) is 6.06. The van der Waals surface area contributed by atoms with Crippen molar-refractivity contribution in [1.29, 1.82) is 4.78 Å². The number of carbonyl (C=O) groups is 1. The first-order valence-corrected chi connectivity index (χ1v) is 14.7. The molecule has 0 spiro atoms. The number of rotatable bonds is 8. The van der Waals surface area contributed by atoms with Gasteiger partial charge in [0.05, 0.1) is 36.8 Å². The molecular weight excluding hydrogens is 498 g/mol. The first kappa shape index (κ1) is 24.8. The predicted molar refractivity (Wildman–Crippen MR) is 139 cm³/mol. The lowest BCUT2D eigenvalue weighted by Gasteiger charge is -2.28. The second kappa shape index (κ2) is 10.2. The van der Waals surface area contributed by atoms with Crippen molar-refractivity contribution in [3.05, 3.63) is 41.9 Å². The van der Waals surface area contributed by atoms with E-state index in [2.05, 4.69) is 15.6 Å². The fourth-order valence-electron chi connectivity index (χ4n) is 4.54. The van der Waals surface area contributed by atoms with Gasteiger partial charge in [-0.3, -0.25) is 0 Å². The van der Waals surface area contributed by atoms with Gasteiger partial charge in [-0.2, -0.15) is 0 Å². The Labute approximate surface area is 215 Å². The van der Waals surface area contributed by atoms with Gasteiger partial charge in [-0.15, -0.1) is 11.3 Å². The number of benzene rings is 1. The number of thiazole rings is 1. The van der Waals surface area contributed by atoms with Gasteiger partial charge in [-0.05, 0) is 64.5 Å². The predicted octanol–water partition coefficient (Wildman–Crippen LogP) is 6.27. The highest BCUT2D eigenvalue weighted by Crippen LogP contribution is 2.43. The van der Waals surface area contributed by atoms with Crippen LogP contribution in [-0.4, -0.2) is 37.7 Å². The molecular formula is C25H31N5O4S2. The monoisotopic (exact) mass is 529 g/mol. The summed E-state index contributed by atoms with van der Waals surface area (Å²) in [5.74, 6) is 0.320. The first-order chi connectivity index (χ1) is 17.3. The lowest BCUT2D eigenvalue weighted by atomic mass is 9.86. The van der Waals surface area contributed by atoms with Crippen LogP contribution >= 0.6 is 11.3 Å². The highest BCUT2D eigenvalue weighted by atomic mass is 32.2. The summed E-state index contributed by atoms with van der Waals surface area (Å²) in [6.45, 7) is 3.68. The van der Waals surface area contributed by atoms with Gasteiger partial charge >= 0.3 is 6.09 Å². The van der Waals surface area contributed by atoms with Gasteiger partial charge in [0.15, 0.2) is 0 Å². The Bertz CT molecular complexity index is 1310. The molecule has 5 rings (SSSR count). The number of anilines is 2. The molecule has 3 aromatic rings. The molecule has 1 amide bonds. The van der Waals surface area contributed by atoms with E-state index in [0.29, 0.717) is 22.5 Å². The molecule has 2 aromatic heterocycles. The second-order valence-electron chi connectivity index (χ2n) is 9.68. The molecule has 0 bridgehead atoms. The lowest BCUT2D eigenvalue weighted by molar-refractivity contribution is 0.109. The molecule has 2 aliphatic rings. The van der Waals surface area contributed by atoms with Crippen molar-refractivity contribution in [2.75, 3.05) is 5.32 Å². The Hall–Kier alpha value is -2.92. The van der Waals surface area contributed by atoms with Crippen molar-refractivity contribution in [1.82, 2.24) is 15.3 Å². The fraction of sp³-hybridized carbons (Fsp3) is 0.480. The highest BCUT2D eigenvalue weighted by Gasteiger charge is 2.36. The van der Waals surface area contributed by atoms with Crippen LogP contribution in [0.2, 0.25) is 0 Å². The lowest BCUT2D eigenvalue weighted by Crippen LogP contribution is -2.38. The van der Waals surface area contributed by atoms with E-state index in [1.807, 2.05) is 32.2 Å². The zero-order valence-corrected chi connectivity index (χ0v) is 22.0. The Morgan fingerprint density at radius 3 is 2.64 bits per heavy atom. The van der Waals surface area contributed by atoms with Crippen molar-refractivity contribution >= 4 is 38.9 Å². The molecule has 1 unspecified atom stereocenters. The molecule has 2 heterocycles. The van der Waals surface area contributed by atoms with Crippen LogP contribution in [0.4, 0.5) is 16.5 Å². The summed E-state index contributed by atoms with van der Waals surface area (Å²) < 4.78 is 32.8. The second-order valence-corrected chi connectivity index (χ2v) is 13.1. The van der Waals surface area contributed by atoms with E-state index in [0.717, 1.165) is 54.0 Å². The van der Waals surface area contributed by atoms with Gasteiger partial charge in [0.2, 0.25) is 0 Å². The van der Waals surface area contributed by atoms with Crippen molar-refractivity contribution in [3.63, 3.8) is 0 Å². The van der Waals surface area contributed by atoms with Crippen LogP contribution in [0.5, 0.6) is 0 Å². The molecule has 2 saturated carbocycles. The van der Waals surface area contributed by atoms with Gasteiger partial charge in [0, 0.05) is 34.7 Å². The summed E-state index contributed by atoms with van der Waals surface area (Å²) in [4.78, 5) is 22.2. The van der Waals surface area contributed by atoms with Crippen molar-refractivity contribution in [2.24, 2.45) is 0 Å². The van der Waals surface area contributed by atoms with E-state index in [9.17, 15) is 9.00 Å². The molecule has 3 N–H and O–H groups in total. The average Bonchev–Trinajstić information content (AvgIpc) is 3.38. The third-order valence-electron chi connectivity index (χ3n) is 6.52. The quantitative estimate of drug-likeness (QED) is 0.313. The van der Waals surface area contributed by atoms with E-state index in [4.69, 9.17) is 18.9 Å². The molecule has 2 fully saturated rings. The smallest absolute Gasteiger partial charge is 0.407 e. The zero-order chi connectivity index (χ0) is 25.3. The van der Waals surface area contributed by atoms with Crippen LogP contribution < -0.4 is 10.6 Å². The largest absolute Gasteiger partial charge is 0.447 e. The van der Waals surface area contributed by atoms with Gasteiger partial charge in [0.25, 0.3) is 6.01 Å². The summed E-state index contributed by atoms with van der Waals surface area (Å²) in [5, 5.41) is 6.99. The number of carbonyl (C=O) groups excluding carboxylic acids is 1. The number of aromatic nitrogens is 2. The van der Waals surface area contributed by atoms with E-state index in [1.165, 1.54) is 6.26 Å². The number of hydrogen-bond donors (Lipinski definition) is 3. The number of oxazole rings is 1. The molecule has 192 valence electrons. The Morgan fingerprint density at radius 1 is 1.19 bits per heavy atom. The van der Waals surface area contributed by atoms with Gasteiger partial charge in [-0.1, -0.05) is 6.07 Å². The molecule has 2 aliphatic carbocycles. The maximum atomic E-state index is 13.5. The number of alkyl carbamates (subject to hydrolysis) is 1. The fourth-order valence-corrected chi connectivity index (χ4v) is 7.70. The third-order valence-corrected chi connectivity index (χ3v) is 10.1. The van der Waals surface area contributed by atoms with Crippen LogP contribution in [0.15, 0.2) is 46.2 Å². The van der Waals surface area contributed by atoms with E-state index < -0.39 is 9.73 Å².